The van der Waals surface area contributed by atoms with Crippen molar-refractivity contribution in [2.24, 2.45) is 5.73 Å². The Hall–Kier alpha value is -2.63. The zero-order chi connectivity index (χ0) is 18.8. The third kappa shape index (κ3) is 6.70. The third-order valence-corrected chi connectivity index (χ3v) is 3.90. The Labute approximate surface area is 158 Å². The fourth-order valence-electron chi connectivity index (χ4n) is 2.17. The maximum atomic E-state index is 11.9. The molecular weight excluding hydrogens is 350 g/mol. The predicted octanol–water partition coefficient (Wildman–Crippen LogP) is 2.75. The van der Waals surface area contributed by atoms with Gasteiger partial charge in [-0.2, -0.15) is 0 Å². The maximum absolute atomic E-state index is 11.9. The second-order valence-corrected chi connectivity index (χ2v) is 6.13. The lowest BCUT2D eigenvalue weighted by Gasteiger charge is -2.06. The van der Waals surface area contributed by atoms with Crippen LogP contribution < -0.4 is 16.4 Å². The Morgan fingerprint density at radius 1 is 1.00 bits per heavy atom. The number of carbonyl (C=O) groups excluding carboxylic acids is 2. The number of benzene rings is 2. The van der Waals surface area contributed by atoms with Gasteiger partial charge in [0.05, 0.1) is 0 Å². The van der Waals surface area contributed by atoms with E-state index < -0.39 is 0 Å². The number of halogens is 1. The Bertz CT molecular complexity index is 756. The van der Waals surface area contributed by atoms with Crippen LogP contribution in [0.25, 0.3) is 6.08 Å². The smallest absolute Gasteiger partial charge is 0.251 e. The second kappa shape index (κ2) is 10.4. The molecule has 0 unspecified atom stereocenters. The van der Waals surface area contributed by atoms with Crippen molar-refractivity contribution in [3.8, 4) is 0 Å². The van der Waals surface area contributed by atoms with Crippen LogP contribution >= 0.6 is 11.6 Å². The summed E-state index contributed by atoms with van der Waals surface area (Å²) in [6.07, 6.45) is 3.95. The van der Waals surface area contributed by atoms with E-state index in [1.165, 1.54) is 6.08 Å². The lowest BCUT2D eigenvalue weighted by atomic mass is 10.1. The van der Waals surface area contributed by atoms with Gasteiger partial charge in [-0.1, -0.05) is 35.9 Å². The lowest BCUT2D eigenvalue weighted by molar-refractivity contribution is -0.116. The number of carbonyl (C=O) groups is 2. The molecule has 0 atom stereocenters. The second-order valence-electron chi connectivity index (χ2n) is 5.70. The topological polar surface area (TPSA) is 84.2 Å². The highest BCUT2D eigenvalue weighted by Crippen LogP contribution is 2.10. The van der Waals surface area contributed by atoms with Crippen molar-refractivity contribution in [1.82, 2.24) is 10.6 Å². The number of rotatable bonds is 8. The minimum absolute atomic E-state index is 0.125. The summed E-state index contributed by atoms with van der Waals surface area (Å²) in [5.74, 6) is -0.316. The van der Waals surface area contributed by atoms with Crippen LogP contribution in [-0.4, -0.2) is 24.9 Å². The SMILES string of the molecule is NCCCNC(=O)c1ccc(CNC(=O)/C=C/c2ccc(Cl)cc2)cc1. The minimum Gasteiger partial charge on any atom is -0.352 e. The molecule has 6 heteroatoms. The van der Waals surface area contributed by atoms with E-state index in [-0.39, 0.29) is 11.8 Å². The van der Waals surface area contributed by atoms with Crippen LogP contribution in [0.15, 0.2) is 54.6 Å². The van der Waals surface area contributed by atoms with Crippen molar-refractivity contribution in [2.75, 3.05) is 13.1 Å². The number of amides is 2. The van der Waals surface area contributed by atoms with Crippen molar-refractivity contribution in [3.63, 3.8) is 0 Å². The van der Waals surface area contributed by atoms with Crippen LogP contribution in [0, 0.1) is 0 Å². The molecule has 2 aromatic carbocycles. The quantitative estimate of drug-likeness (QED) is 0.492. The van der Waals surface area contributed by atoms with Gasteiger partial charge in [-0.15, -0.1) is 0 Å². The molecule has 0 aliphatic carbocycles. The highest BCUT2D eigenvalue weighted by Gasteiger charge is 2.04. The van der Waals surface area contributed by atoms with Crippen molar-refractivity contribution in [3.05, 3.63) is 76.3 Å². The van der Waals surface area contributed by atoms with Crippen LogP contribution in [0.3, 0.4) is 0 Å². The lowest BCUT2D eigenvalue weighted by Crippen LogP contribution is -2.26. The van der Waals surface area contributed by atoms with Crippen LogP contribution in [0.5, 0.6) is 0 Å². The summed E-state index contributed by atoms with van der Waals surface area (Å²) in [5.41, 5.74) is 7.79. The number of nitrogens with two attached hydrogens (primary N) is 1. The van der Waals surface area contributed by atoms with Crippen LogP contribution in [-0.2, 0) is 11.3 Å². The van der Waals surface area contributed by atoms with Crippen molar-refractivity contribution >= 4 is 29.5 Å². The van der Waals surface area contributed by atoms with E-state index in [0.717, 1.165) is 17.5 Å². The van der Waals surface area contributed by atoms with E-state index in [2.05, 4.69) is 10.6 Å². The summed E-state index contributed by atoms with van der Waals surface area (Å²) in [6.45, 7) is 1.50. The molecule has 0 spiro atoms. The minimum atomic E-state index is -0.191. The van der Waals surface area contributed by atoms with Gasteiger partial charge in [0, 0.05) is 29.8 Å². The average Bonchev–Trinajstić information content (AvgIpc) is 2.66. The van der Waals surface area contributed by atoms with Crippen LogP contribution in [0.1, 0.15) is 27.9 Å². The van der Waals surface area contributed by atoms with Crippen LogP contribution in [0.4, 0.5) is 0 Å². The maximum Gasteiger partial charge on any atom is 0.251 e. The Morgan fingerprint density at radius 2 is 1.69 bits per heavy atom. The Balaban J connectivity index is 1.80. The highest BCUT2D eigenvalue weighted by molar-refractivity contribution is 6.30. The first-order valence-corrected chi connectivity index (χ1v) is 8.75. The summed E-state index contributed by atoms with van der Waals surface area (Å²) in [6, 6.07) is 14.3. The summed E-state index contributed by atoms with van der Waals surface area (Å²) in [7, 11) is 0. The fraction of sp³-hybridized carbons (Fsp3) is 0.200. The molecule has 2 amide bonds. The van der Waals surface area contributed by atoms with E-state index in [1.54, 1.807) is 30.3 Å². The van der Waals surface area contributed by atoms with E-state index in [1.807, 2.05) is 24.3 Å². The van der Waals surface area contributed by atoms with Crippen molar-refractivity contribution in [1.29, 1.82) is 0 Å². The van der Waals surface area contributed by atoms with Crippen molar-refractivity contribution < 1.29 is 9.59 Å². The fourth-order valence-corrected chi connectivity index (χ4v) is 2.30. The average molecular weight is 372 g/mol. The van der Waals surface area contributed by atoms with Crippen LogP contribution in [0.2, 0.25) is 5.02 Å². The van der Waals surface area contributed by atoms with Gasteiger partial charge >= 0.3 is 0 Å². The van der Waals surface area contributed by atoms with Gasteiger partial charge in [-0.25, -0.2) is 0 Å². The highest BCUT2D eigenvalue weighted by atomic mass is 35.5. The summed E-state index contributed by atoms with van der Waals surface area (Å²) >= 11 is 5.82. The first kappa shape index (κ1) is 19.7. The summed E-state index contributed by atoms with van der Waals surface area (Å²) in [4.78, 5) is 23.8. The van der Waals surface area contributed by atoms with Crippen molar-refractivity contribution in [2.45, 2.75) is 13.0 Å². The molecule has 0 aromatic heterocycles. The molecule has 0 aliphatic rings. The van der Waals surface area contributed by atoms with Gasteiger partial charge in [0.1, 0.15) is 0 Å². The molecular formula is C20H22ClN3O2. The molecule has 4 N–H and O–H groups in total. The number of nitrogens with one attached hydrogen (secondary N) is 2. The molecule has 0 aliphatic heterocycles. The molecule has 136 valence electrons. The molecule has 26 heavy (non-hydrogen) atoms. The van der Waals surface area contributed by atoms with E-state index in [9.17, 15) is 9.59 Å². The van der Waals surface area contributed by atoms with Gasteiger partial charge in [0.2, 0.25) is 5.91 Å². The molecule has 2 aromatic rings. The molecule has 2 rings (SSSR count). The molecule has 0 bridgehead atoms. The van der Waals surface area contributed by atoms with E-state index in [4.69, 9.17) is 17.3 Å². The zero-order valence-corrected chi connectivity index (χ0v) is 15.1. The Kier molecular flexibility index (Phi) is 7.86. The molecule has 0 saturated carbocycles. The first-order chi connectivity index (χ1) is 12.6. The normalized spacial score (nSPS) is 10.7. The predicted molar refractivity (Wildman–Crippen MR) is 105 cm³/mol. The number of hydrogen-bond donors (Lipinski definition) is 3. The summed E-state index contributed by atoms with van der Waals surface area (Å²) in [5, 5.41) is 6.26. The Morgan fingerprint density at radius 3 is 2.35 bits per heavy atom. The van der Waals surface area contributed by atoms with Gasteiger partial charge in [-0.3, -0.25) is 9.59 Å². The molecule has 5 nitrogen and oxygen atoms in total. The standard InChI is InChI=1S/C20H22ClN3O2/c21-18-9-4-15(5-10-18)6-11-19(25)24-14-16-2-7-17(8-3-16)20(26)23-13-1-12-22/h2-11H,1,12-14,22H2,(H,23,26)(H,24,25)/b11-6+. The van der Waals surface area contributed by atoms with Gasteiger partial charge in [-0.05, 0) is 54.4 Å². The van der Waals surface area contributed by atoms with Gasteiger partial charge in [0.15, 0.2) is 0 Å². The first-order valence-electron chi connectivity index (χ1n) is 8.37. The zero-order valence-electron chi connectivity index (χ0n) is 14.4. The van der Waals surface area contributed by atoms with E-state index >= 15 is 0 Å². The molecule has 0 saturated heterocycles. The molecule has 0 radical (unpaired) electrons. The van der Waals surface area contributed by atoms with Gasteiger partial charge in [0.25, 0.3) is 5.91 Å². The molecule has 0 fully saturated rings. The largest absolute Gasteiger partial charge is 0.352 e. The molecule has 0 heterocycles. The number of hydrogen-bond acceptors (Lipinski definition) is 3. The third-order valence-electron chi connectivity index (χ3n) is 3.65. The van der Waals surface area contributed by atoms with Gasteiger partial charge < -0.3 is 16.4 Å². The summed E-state index contributed by atoms with van der Waals surface area (Å²) < 4.78 is 0. The monoisotopic (exact) mass is 371 g/mol. The van der Waals surface area contributed by atoms with E-state index in [0.29, 0.717) is 30.2 Å².